The molecule has 270 valence electrons. The average Bonchev–Trinajstić information content (AvgIpc) is 3.38. The molecular formula is C33H50N8O8. The van der Waals surface area contributed by atoms with E-state index in [0.717, 1.165) is 4.90 Å². The normalized spacial score (nSPS) is 13.5. The van der Waals surface area contributed by atoms with Gasteiger partial charge in [-0.1, -0.05) is 32.4 Å². The number of ether oxygens (including phenoxy) is 1. The molecule has 49 heavy (non-hydrogen) atoms. The number of nitrogens with two attached hydrogens (primary N) is 1. The van der Waals surface area contributed by atoms with E-state index in [4.69, 9.17) is 10.5 Å². The first-order valence-electron chi connectivity index (χ1n) is 16.4. The number of nitrogens with zero attached hydrogens (tertiary/aromatic N) is 2. The van der Waals surface area contributed by atoms with Gasteiger partial charge >= 0.3 is 12.1 Å². The Kier molecular flexibility index (Phi) is 17.3. The molecule has 0 radical (unpaired) electrons. The molecule has 2 atom stereocenters. The molecule has 2 rings (SSSR count). The lowest BCUT2D eigenvalue weighted by Crippen LogP contribution is -2.54. The Balaban J connectivity index is 1.94. The number of unbranched alkanes of at least 4 members (excludes halogenated alkanes) is 2. The van der Waals surface area contributed by atoms with Crippen LogP contribution in [0.25, 0.3) is 0 Å². The van der Waals surface area contributed by atoms with E-state index in [0.29, 0.717) is 50.0 Å². The molecule has 1 aliphatic rings. The maximum atomic E-state index is 13.4. The lowest BCUT2D eigenvalue weighted by molar-refractivity contribution is -0.137. The largest absolute Gasteiger partial charge is 0.445 e. The minimum Gasteiger partial charge on any atom is -0.445 e. The second-order valence-corrected chi connectivity index (χ2v) is 12.0. The first kappa shape index (κ1) is 40.2. The topological polar surface area (TPSA) is 221 Å². The van der Waals surface area contributed by atoms with Crippen LogP contribution < -0.4 is 32.3 Å². The van der Waals surface area contributed by atoms with Crippen LogP contribution in [0.5, 0.6) is 0 Å². The molecule has 1 unspecified atom stereocenters. The van der Waals surface area contributed by atoms with E-state index < -0.39 is 36.0 Å². The van der Waals surface area contributed by atoms with Gasteiger partial charge in [0.1, 0.15) is 18.7 Å². The van der Waals surface area contributed by atoms with Crippen molar-refractivity contribution in [2.24, 2.45) is 11.7 Å². The van der Waals surface area contributed by atoms with Gasteiger partial charge in [0.15, 0.2) is 0 Å². The molecule has 0 saturated heterocycles. The lowest BCUT2D eigenvalue weighted by atomic mass is 10.0. The highest BCUT2D eigenvalue weighted by atomic mass is 16.6. The van der Waals surface area contributed by atoms with E-state index >= 15 is 0 Å². The molecule has 1 aromatic carbocycles. The van der Waals surface area contributed by atoms with E-state index in [9.17, 15) is 33.6 Å². The summed E-state index contributed by atoms with van der Waals surface area (Å²) in [7, 11) is 3.43. The molecule has 0 fully saturated rings. The van der Waals surface area contributed by atoms with Gasteiger partial charge in [-0.05, 0) is 56.3 Å². The molecule has 16 heteroatoms. The summed E-state index contributed by atoms with van der Waals surface area (Å²) < 4.78 is 5.32. The molecule has 0 bridgehead atoms. The van der Waals surface area contributed by atoms with Gasteiger partial charge in [-0.15, -0.1) is 0 Å². The molecule has 1 aliphatic heterocycles. The third-order valence-electron chi connectivity index (χ3n) is 7.65. The summed E-state index contributed by atoms with van der Waals surface area (Å²) in [6.07, 6.45) is 4.28. The fourth-order valence-electron chi connectivity index (χ4n) is 4.75. The van der Waals surface area contributed by atoms with Crippen molar-refractivity contribution in [1.82, 2.24) is 31.1 Å². The van der Waals surface area contributed by atoms with Crippen LogP contribution in [0.15, 0.2) is 36.4 Å². The van der Waals surface area contributed by atoms with Gasteiger partial charge in [-0.2, -0.15) is 0 Å². The van der Waals surface area contributed by atoms with Crippen molar-refractivity contribution in [2.75, 3.05) is 45.6 Å². The van der Waals surface area contributed by atoms with Gasteiger partial charge in [0.25, 0.3) is 11.8 Å². The number of nitrogens with one attached hydrogen (secondary N) is 5. The summed E-state index contributed by atoms with van der Waals surface area (Å²) in [4.78, 5) is 88.6. The smallest absolute Gasteiger partial charge is 0.409 e. The number of primary amides is 1. The summed E-state index contributed by atoms with van der Waals surface area (Å²) in [6.45, 7) is 5.17. The molecule has 8 amide bonds. The molecular weight excluding hydrogens is 636 g/mol. The SMILES string of the molecule is CNCCN(C)C(=O)OCc1ccc(NC(=O)[C@H](CCCNC(N)=O)NC(=O)C(NC(=O)CCCCCN2C(=O)C=CC2=O)C(C)C)cc1. The third-order valence-corrected chi connectivity index (χ3v) is 7.65. The summed E-state index contributed by atoms with van der Waals surface area (Å²) in [6, 6.07) is 4.07. The predicted molar refractivity (Wildman–Crippen MR) is 182 cm³/mol. The standard InChI is InChI=1S/C33H50N8O8/c1-22(2)29(39-26(42)10-6-5-7-19-41-27(43)15-16-28(41)44)31(46)38-25(9-8-17-36-32(34)47)30(45)37-24-13-11-23(12-14-24)21-49-33(48)40(4)20-18-35-3/h11-16,22,25,29,35H,5-10,17-21H2,1-4H3,(H,37,45)(H,38,46)(H,39,42)(H3,34,36,47)/t25-,29?/m0/s1. The molecule has 0 saturated carbocycles. The van der Waals surface area contributed by atoms with Gasteiger partial charge in [0.2, 0.25) is 17.7 Å². The molecule has 0 aromatic heterocycles. The van der Waals surface area contributed by atoms with Gasteiger partial charge in [-0.3, -0.25) is 28.9 Å². The number of likely N-dealkylation sites (N-methyl/N-ethyl adjacent to an activating group) is 2. The van der Waals surface area contributed by atoms with Crippen molar-refractivity contribution in [3.63, 3.8) is 0 Å². The second-order valence-electron chi connectivity index (χ2n) is 12.0. The number of hydrogen-bond donors (Lipinski definition) is 6. The Morgan fingerprint density at radius 3 is 2.18 bits per heavy atom. The minimum absolute atomic E-state index is 0.0448. The molecule has 16 nitrogen and oxygen atoms in total. The maximum Gasteiger partial charge on any atom is 0.409 e. The number of anilines is 1. The Bertz CT molecular complexity index is 1320. The molecule has 7 N–H and O–H groups in total. The highest BCUT2D eigenvalue weighted by Crippen LogP contribution is 2.14. The molecule has 0 aliphatic carbocycles. The van der Waals surface area contributed by atoms with Crippen LogP contribution in [0.2, 0.25) is 0 Å². The number of benzene rings is 1. The highest BCUT2D eigenvalue weighted by Gasteiger charge is 2.29. The van der Waals surface area contributed by atoms with Gasteiger partial charge in [0.05, 0.1) is 0 Å². The minimum atomic E-state index is -1.00. The van der Waals surface area contributed by atoms with Crippen molar-refractivity contribution >= 4 is 47.3 Å². The number of imide groups is 1. The number of hydrogen-bond acceptors (Lipinski definition) is 9. The van der Waals surface area contributed by atoms with Gasteiger partial charge < -0.3 is 42.0 Å². The fourth-order valence-corrected chi connectivity index (χ4v) is 4.75. The van der Waals surface area contributed by atoms with Crippen molar-refractivity contribution in [3.05, 3.63) is 42.0 Å². The molecule has 1 heterocycles. The summed E-state index contributed by atoms with van der Waals surface area (Å²) in [5.41, 5.74) is 6.30. The maximum absolute atomic E-state index is 13.4. The average molecular weight is 687 g/mol. The number of amides is 8. The van der Waals surface area contributed by atoms with Crippen LogP contribution in [0.4, 0.5) is 15.3 Å². The summed E-state index contributed by atoms with van der Waals surface area (Å²) >= 11 is 0. The number of urea groups is 1. The number of rotatable bonds is 21. The lowest BCUT2D eigenvalue weighted by Gasteiger charge is -2.25. The van der Waals surface area contributed by atoms with Crippen LogP contribution in [0.1, 0.15) is 57.9 Å². The van der Waals surface area contributed by atoms with Crippen molar-refractivity contribution < 1.29 is 38.3 Å². The first-order valence-corrected chi connectivity index (χ1v) is 16.4. The van der Waals surface area contributed by atoms with Crippen LogP contribution in [0, 0.1) is 5.92 Å². The zero-order valence-corrected chi connectivity index (χ0v) is 28.7. The zero-order valence-electron chi connectivity index (χ0n) is 28.7. The zero-order chi connectivity index (χ0) is 36.3. The highest BCUT2D eigenvalue weighted by molar-refractivity contribution is 6.12. The van der Waals surface area contributed by atoms with Crippen LogP contribution in [-0.2, 0) is 35.3 Å². The molecule has 0 spiro atoms. The van der Waals surface area contributed by atoms with Crippen molar-refractivity contribution in [1.29, 1.82) is 0 Å². The monoisotopic (exact) mass is 686 g/mol. The first-order chi connectivity index (χ1) is 23.3. The van der Waals surface area contributed by atoms with Crippen LogP contribution in [0.3, 0.4) is 0 Å². The third kappa shape index (κ3) is 14.8. The van der Waals surface area contributed by atoms with Crippen LogP contribution in [-0.4, -0.2) is 104 Å². The van der Waals surface area contributed by atoms with E-state index in [1.54, 1.807) is 52.2 Å². The van der Waals surface area contributed by atoms with Crippen molar-refractivity contribution in [2.45, 2.75) is 71.1 Å². The van der Waals surface area contributed by atoms with Crippen molar-refractivity contribution in [3.8, 4) is 0 Å². The Hall–Kier alpha value is -4.99. The van der Waals surface area contributed by atoms with Gasteiger partial charge in [0, 0.05) is 57.5 Å². The van der Waals surface area contributed by atoms with Gasteiger partial charge in [-0.25, -0.2) is 9.59 Å². The van der Waals surface area contributed by atoms with E-state index in [1.807, 2.05) is 0 Å². The van der Waals surface area contributed by atoms with E-state index in [2.05, 4.69) is 26.6 Å². The van der Waals surface area contributed by atoms with E-state index in [1.165, 1.54) is 17.1 Å². The van der Waals surface area contributed by atoms with Crippen LogP contribution >= 0.6 is 0 Å². The Morgan fingerprint density at radius 2 is 1.57 bits per heavy atom. The summed E-state index contributed by atoms with van der Waals surface area (Å²) in [5.74, 6) is -2.37. The number of carbonyl (C=O) groups excluding carboxylic acids is 7. The Labute approximate surface area is 286 Å². The van der Waals surface area contributed by atoms with E-state index in [-0.39, 0.29) is 56.2 Å². The Morgan fingerprint density at radius 1 is 0.898 bits per heavy atom. The summed E-state index contributed by atoms with van der Waals surface area (Å²) in [5, 5.41) is 13.7. The fraction of sp³-hybridized carbons (Fsp3) is 0.545. The second kappa shape index (κ2) is 21.1. The predicted octanol–water partition coefficient (Wildman–Crippen LogP) is 0.972. The quantitative estimate of drug-likeness (QED) is 0.0800. The number of carbonyl (C=O) groups is 7. The molecule has 1 aromatic rings.